The number of hydrogen-bond donors (Lipinski definition) is 0. The van der Waals surface area contributed by atoms with Crippen LogP contribution in [-0.4, -0.2) is 22.8 Å². The quantitative estimate of drug-likeness (QED) is 0.146. The Morgan fingerprint density at radius 1 is 0.462 bits per heavy atom. The SMILES string of the molecule is CCCCCCCCCCCCCCCCCCC[Si](CC)(OC)OC. The highest BCUT2D eigenvalue weighted by molar-refractivity contribution is 6.67. The highest BCUT2D eigenvalue weighted by atomic mass is 28.4. The second-order valence-corrected chi connectivity index (χ2v) is 11.9. The van der Waals surface area contributed by atoms with Crippen molar-refractivity contribution in [3.05, 3.63) is 0 Å². The van der Waals surface area contributed by atoms with Gasteiger partial charge in [0.15, 0.2) is 0 Å². The molecule has 0 spiro atoms. The Hall–Kier alpha value is 0.137. The number of hydrogen-bond acceptors (Lipinski definition) is 2. The lowest BCUT2D eigenvalue weighted by Gasteiger charge is -2.25. The van der Waals surface area contributed by atoms with Crippen LogP contribution in [0.4, 0.5) is 0 Å². The van der Waals surface area contributed by atoms with Gasteiger partial charge in [-0.15, -0.1) is 0 Å². The third kappa shape index (κ3) is 15.2. The van der Waals surface area contributed by atoms with E-state index in [0.29, 0.717) is 0 Å². The summed E-state index contributed by atoms with van der Waals surface area (Å²) in [7, 11) is 1.83. The van der Waals surface area contributed by atoms with Crippen LogP contribution >= 0.6 is 0 Å². The molecule has 0 radical (unpaired) electrons. The Bertz CT molecular complexity index is 259. The fourth-order valence-corrected chi connectivity index (χ4v) is 6.17. The lowest BCUT2D eigenvalue weighted by Crippen LogP contribution is -2.38. The molecule has 158 valence electrons. The zero-order valence-corrected chi connectivity index (χ0v) is 19.8. The summed E-state index contributed by atoms with van der Waals surface area (Å²) < 4.78 is 11.4. The lowest BCUT2D eigenvalue weighted by atomic mass is 10.0. The second kappa shape index (κ2) is 19.9. The zero-order chi connectivity index (χ0) is 19.3. The van der Waals surface area contributed by atoms with Crippen LogP contribution < -0.4 is 0 Å². The van der Waals surface area contributed by atoms with Crippen LogP contribution in [0.25, 0.3) is 0 Å². The third-order valence-corrected chi connectivity index (χ3v) is 9.62. The van der Waals surface area contributed by atoms with Crippen molar-refractivity contribution in [2.75, 3.05) is 14.2 Å². The van der Waals surface area contributed by atoms with E-state index in [-0.39, 0.29) is 0 Å². The van der Waals surface area contributed by atoms with E-state index in [2.05, 4.69) is 13.8 Å². The van der Waals surface area contributed by atoms with E-state index in [4.69, 9.17) is 8.85 Å². The molecule has 0 aliphatic carbocycles. The summed E-state index contributed by atoms with van der Waals surface area (Å²) >= 11 is 0. The van der Waals surface area contributed by atoms with Crippen molar-refractivity contribution in [2.24, 2.45) is 0 Å². The molecular formula is C23H50O2Si. The van der Waals surface area contributed by atoms with Gasteiger partial charge in [0.05, 0.1) is 0 Å². The first-order valence-corrected chi connectivity index (χ1v) is 14.1. The van der Waals surface area contributed by atoms with Gasteiger partial charge in [0.25, 0.3) is 0 Å². The molecule has 0 unspecified atom stereocenters. The average Bonchev–Trinajstić information content (AvgIpc) is 2.68. The van der Waals surface area contributed by atoms with Gasteiger partial charge in [0.2, 0.25) is 0 Å². The molecular weight excluding hydrogens is 336 g/mol. The minimum absolute atomic E-state index is 1.07. The summed E-state index contributed by atoms with van der Waals surface area (Å²) in [5, 5.41) is 0. The summed E-state index contributed by atoms with van der Waals surface area (Å²) in [6, 6.07) is 2.23. The molecule has 0 rings (SSSR count). The van der Waals surface area contributed by atoms with E-state index < -0.39 is 8.56 Å². The first kappa shape index (κ1) is 26.1. The minimum atomic E-state index is -1.83. The monoisotopic (exact) mass is 386 g/mol. The number of rotatable bonds is 21. The summed E-state index contributed by atoms with van der Waals surface area (Å²) in [6.45, 7) is 4.50. The molecule has 26 heavy (non-hydrogen) atoms. The van der Waals surface area contributed by atoms with E-state index in [1.165, 1.54) is 109 Å². The Morgan fingerprint density at radius 3 is 1.04 bits per heavy atom. The van der Waals surface area contributed by atoms with Crippen LogP contribution in [0.5, 0.6) is 0 Å². The normalized spacial score (nSPS) is 12.0. The van der Waals surface area contributed by atoms with Crippen LogP contribution in [0.3, 0.4) is 0 Å². The van der Waals surface area contributed by atoms with Crippen molar-refractivity contribution < 1.29 is 8.85 Å². The molecule has 0 N–H and O–H groups in total. The van der Waals surface area contributed by atoms with Gasteiger partial charge < -0.3 is 8.85 Å². The van der Waals surface area contributed by atoms with Crippen LogP contribution in [0, 0.1) is 0 Å². The molecule has 0 aromatic heterocycles. The Labute approximate surface area is 167 Å². The van der Waals surface area contributed by atoms with Crippen LogP contribution in [0.1, 0.15) is 123 Å². The first-order valence-electron chi connectivity index (χ1n) is 11.8. The van der Waals surface area contributed by atoms with Gasteiger partial charge in [-0.3, -0.25) is 0 Å². The predicted molar refractivity (Wildman–Crippen MR) is 119 cm³/mol. The summed E-state index contributed by atoms with van der Waals surface area (Å²) in [5.74, 6) is 0. The van der Waals surface area contributed by atoms with E-state index in [1.54, 1.807) is 0 Å². The van der Waals surface area contributed by atoms with E-state index >= 15 is 0 Å². The molecule has 3 heteroatoms. The van der Waals surface area contributed by atoms with E-state index in [9.17, 15) is 0 Å². The van der Waals surface area contributed by atoms with Crippen molar-refractivity contribution in [3.8, 4) is 0 Å². The molecule has 0 aromatic rings. The van der Waals surface area contributed by atoms with Crippen molar-refractivity contribution in [1.29, 1.82) is 0 Å². The highest BCUT2D eigenvalue weighted by Gasteiger charge is 2.32. The van der Waals surface area contributed by atoms with E-state index in [0.717, 1.165) is 12.1 Å². The van der Waals surface area contributed by atoms with Gasteiger partial charge in [-0.05, 0) is 12.1 Å². The topological polar surface area (TPSA) is 18.5 Å². The highest BCUT2D eigenvalue weighted by Crippen LogP contribution is 2.21. The zero-order valence-electron chi connectivity index (χ0n) is 18.8. The summed E-state index contributed by atoms with van der Waals surface area (Å²) in [6.07, 6.45) is 24.3. The molecule has 0 bridgehead atoms. The molecule has 0 aliphatic rings. The van der Waals surface area contributed by atoms with Crippen LogP contribution in [-0.2, 0) is 8.85 Å². The molecule has 0 heterocycles. The molecule has 2 nitrogen and oxygen atoms in total. The standard InChI is InChI=1S/C23H50O2Si/c1-5-7-8-9-10-11-12-13-14-15-16-17-18-19-20-21-22-23-26(6-2,24-3)25-4/h5-23H2,1-4H3. The Kier molecular flexibility index (Phi) is 20.0. The molecule has 0 saturated heterocycles. The Balaban J connectivity index is 3.20. The van der Waals surface area contributed by atoms with Gasteiger partial charge in [0, 0.05) is 14.2 Å². The second-order valence-electron chi connectivity index (χ2n) is 8.08. The van der Waals surface area contributed by atoms with Gasteiger partial charge in [-0.2, -0.15) is 0 Å². The molecule has 0 aromatic carbocycles. The van der Waals surface area contributed by atoms with Crippen LogP contribution in [0.2, 0.25) is 12.1 Å². The molecule has 0 aliphatic heterocycles. The summed E-state index contributed by atoms with van der Waals surface area (Å²) in [5.41, 5.74) is 0. The van der Waals surface area contributed by atoms with Gasteiger partial charge in [0.1, 0.15) is 0 Å². The van der Waals surface area contributed by atoms with E-state index in [1.807, 2.05) is 14.2 Å². The lowest BCUT2D eigenvalue weighted by molar-refractivity contribution is 0.241. The van der Waals surface area contributed by atoms with Gasteiger partial charge in [-0.1, -0.05) is 123 Å². The average molecular weight is 387 g/mol. The van der Waals surface area contributed by atoms with Crippen molar-refractivity contribution >= 4 is 8.56 Å². The smallest absolute Gasteiger partial charge is 0.337 e. The van der Waals surface area contributed by atoms with Crippen molar-refractivity contribution in [3.63, 3.8) is 0 Å². The minimum Gasteiger partial charge on any atom is -0.398 e. The summed E-state index contributed by atoms with van der Waals surface area (Å²) in [4.78, 5) is 0. The van der Waals surface area contributed by atoms with Crippen molar-refractivity contribution in [2.45, 2.75) is 135 Å². The molecule has 0 amide bonds. The maximum Gasteiger partial charge on any atom is 0.337 e. The third-order valence-electron chi connectivity index (χ3n) is 5.94. The first-order chi connectivity index (χ1) is 12.7. The largest absolute Gasteiger partial charge is 0.398 e. The molecule has 0 saturated carbocycles. The predicted octanol–water partition coefficient (Wildman–Crippen LogP) is 8.39. The maximum absolute atomic E-state index is 5.68. The fourth-order valence-electron chi connectivity index (χ4n) is 3.87. The number of unbranched alkanes of at least 4 members (excludes halogenated alkanes) is 16. The van der Waals surface area contributed by atoms with Crippen molar-refractivity contribution in [1.82, 2.24) is 0 Å². The fraction of sp³-hybridized carbons (Fsp3) is 1.00. The molecule has 0 atom stereocenters. The molecule has 0 fully saturated rings. The van der Waals surface area contributed by atoms with Gasteiger partial charge in [-0.25, -0.2) is 0 Å². The van der Waals surface area contributed by atoms with Gasteiger partial charge >= 0.3 is 8.56 Å². The maximum atomic E-state index is 5.68. The Morgan fingerprint density at radius 2 is 0.769 bits per heavy atom. The van der Waals surface area contributed by atoms with Crippen LogP contribution in [0.15, 0.2) is 0 Å².